The van der Waals surface area contributed by atoms with Crippen molar-refractivity contribution in [3.63, 3.8) is 0 Å². The second-order valence-electron chi connectivity index (χ2n) is 18.0. The van der Waals surface area contributed by atoms with E-state index in [4.69, 9.17) is 9.47 Å². The number of aliphatic hydroxyl groups is 5. The van der Waals surface area contributed by atoms with Gasteiger partial charge in [0.1, 0.15) is 18.3 Å². The van der Waals surface area contributed by atoms with Gasteiger partial charge in [-0.05, 0) is 103 Å². The second kappa shape index (κ2) is 10.7. The number of hydrogen-bond donors (Lipinski definition) is 6. The highest BCUT2D eigenvalue weighted by molar-refractivity contribution is 5.73. The fourth-order valence-electron chi connectivity index (χ4n) is 12.3. The van der Waals surface area contributed by atoms with Crippen LogP contribution in [0.5, 0.6) is 0 Å². The Kier molecular flexibility index (Phi) is 8.05. The maximum Gasteiger partial charge on any atom is 0.335 e. The lowest BCUT2D eigenvalue weighted by Crippen LogP contribution is -2.67. The molecule has 14 atom stereocenters. The van der Waals surface area contributed by atoms with Gasteiger partial charge in [-0.15, -0.1) is 0 Å². The Balaban J connectivity index is 1.30. The van der Waals surface area contributed by atoms with E-state index in [2.05, 4.69) is 54.5 Å². The minimum atomic E-state index is -1.75. The van der Waals surface area contributed by atoms with Crippen LogP contribution in [0.1, 0.15) is 106 Å². The third-order valence-corrected chi connectivity index (χ3v) is 15.2. The van der Waals surface area contributed by atoms with Crippen LogP contribution in [0.3, 0.4) is 0 Å². The standard InChI is InChI=1S/C36H58O9/c1-31(2)14-15-36(18-37)20(16-31)19-8-9-22-33(5)12-11-24(44-30-27(41)25(39)26(40)28(45-30)29(42)43)32(3,4)21(33)10-13-34(22,6)35(19,7)17-23(36)38/h8,20-28,30,37-41H,9-18H2,1-7H3,(H,42,43). The van der Waals surface area contributed by atoms with Gasteiger partial charge in [0.25, 0.3) is 0 Å². The lowest BCUT2D eigenvalue weighted by atomic mass is 9.33. The molecule has 5 fully saturated rings. The molecule has 14 unspecified atom stereocenters. The molecule has 256 valence electrons. The van der Waals surface area contributed by atoms with E-state index in [0.29, 0.717) is 18.8 Å². The van der Waals surface area contributed by atoms with Crippen LogP contribution in [-0.2, 0) is 14.3 Å². The molecular weight excluding hydrogens is 576 g/mol. The normalized spacial score (nSPS) is 53.6. The van der Waals surface area contributed by atoms with Gasteiger partial charge in [-0.3, -0.25) is 0 Å². The van der Waals surface area contributed by atoms with Gasteiger partial charge in [0.2, 0.25) is 0 Å². The summed E-state index contributed by atoms with van der Waals surface area (Å²) in [5.74, 6) is -0.573. The lowest BCUT2D eigenvalue weighted by Gasteiger charge is -2.72. The van der Waals surface area contributed by atoms with Gasteiger partial charge < -0.3 is 40.1 Å². The van der Waals surface area contributed by atoms with E-state index in [1.54, 1.807) is 0 Å². The molecule has 6 N–H and O–H groups in total. The van der Waals surface area contributed by atoms with Gasteiger partial charge in [0.15, 0.2) is 12.4 Å². The molecule has 1 heterocycles. The van der Waals surface area contributed by atoms with Crippen LogP contribution in [0.25, 0.3) is 0 Å². The van der Waals surface area contributed by atoms with E-state index in [0.717, 1.165) is 44.9 Å². The zero-order valence-corrected chi connectivity index (χ0v) is 28.3. The van der Waals surface area contributed by atoms with Crippen LogP contribution in [0.4, 0.5) is 0 Å². The molecule has 1 aliphatic heterocycles. The van der Waals surface area contributed by atoms with Crippen molar-refractivity contribution in [1.29, 1.82) is 0 Å². The van der Waals surface area contributed by atoms with Crippen molar-refractivity contribution in [1.82, 2.24) is 0 Å². The summed E-state index contributed by atoms with van der Waals surface area (Å²) in [4.78, 5) is 11.7. The topological polar surface area (TPSA) is 157 Å². The average molecular weight is 635 g/mol. The Labute approximate surface area is 268 Å². The van der Waals surface area contributed by atoms with Crippen LogP contribution < -0.4 is 0 Å². The van der Waals surface area contributed by atoms with E-state index in [9.17, 15) is 35.4 Å². The predicted octanol–water partition coefficient (Wildman–Crippen LogP) is 4.03. The zero-order valence-electron chi connectivity index (χ0n) is 28.3. The largest absolute Gasteiger partial charge is 0.479 e. The van der Waals surface area contributed by atoms with Gasteiger partial charge >= 0.3 is 5.97 Å². The Bertz CT molecular complexity index is 1210. The molecule has 0 amide bonds. The molecule has 6 rings (SSSR count). The van der Waals surface area contributed by atoms with E-state index in [1.807, 2.05) is 0 Å². The molecule has 0 radical (unpaired) electrons. The van der Waals surface area contributed by atoms with Crippen molar-refractivity contribution in [3.05, 3.63) is 11.6 Å². The summed E-state index contributed by atoms with van der Waals surface area (Å²) in [6, 6.07) is 0. The number of rotatable bonds is 4. The van der Waals surface area contributed by atoms with Crippen LogP contribution in [0, 0.1) is 50.2 Å². The van der Waals surface area contributed by atoms with Crippen LogP contribution in [0.2, 0.25) is 0 Å². The average Bonchev–Trinajstić information content (AvgIpc) is 2.94. The van der Waals surface area contributed by atoms with E-state index < -0.39 is 48.2 Å². The number of hydrogen-bond acceptors (Lipinski definition) is 8. The zero-order chi connectivity index (χ0) is 33.1. The maximum absolute atomic E-state index is 11.9. The molecular formula is C36H58O9. The molecule has 9 nitrogen and oxygen atoms in total. The molecule has 4 saturated carbocycles. The highest BCUT2D eigenvalue weighted by Crippen LogP contribution is 2.75. The van der Waals surface area contributed by atoms with Crippen molar-refractivity contribution >= 4 is 5.97 Å². The first-order valence-electron chi connectivity index (χ1n) is 17.4. The molecule has 9 heteroatoms. The summed E-state index contributed by atoms with van der Waals surface area (Å²) in [7, 11) is 0. The molecule has 6 aliphatic rings. The SMILES string of the molecule is CC1(C)CCC2(CO)C(O)CC3(C)C(=CCC4C5(C)CCC(OC6OC(C(=O)O)C(O)C(O)C6O)C(C)(C)C5CCC43C)C2C1. The summed E-state index contributed by atoms with van der Waals surface area (Å²) in [6.07, 6.45) is 1.66. The van der Waals surface area contributed by atoms with Gasteiger partial charge in [-0.1, -0.05) is 60.1 Å². The number of ether oxygens (including phenoxy) is 2. The summed E-state index contributed by atoms with van der Waals surface area (Å²) >= 11 is 0. The summed E-state index contributed by atoms with van der Waals surface area (Å²) < 4.78 is 11.9. The Morgan fingerprint density at radius 3 is 2.22 bits per heavy atom. The monoisotopic (exact) mass is 634 g/mol. The van der Waals surface area contributed by atoms with Crippen molar-refractivity contribution in [2.45, 2.75) is 149 Å². The number of fused-ring (bicyclic) bond motifs is 7. The van der Waals surface area contributed by atoms with E-state index in [1.165, 1.54) is 5.57 Å². The Morgan fingerprint density at radius 2 is 1.58 bits per heavy atom. The lowest BCUT2D eigenvalue weighted by molar-refractivity contribution is -0.324. The smallest absolute Gasteiger partial charge is 0.335 e. The fourth-order valence-corrected chi connectivity index (χ4v) is 12.3. The summed E-state index contributed by atoms with van der Waals surface area (Å²) in [6.45, 7) is 16.4. The number of carbonyl (C=O) groups is 1. The van der Waals surface area contributed by atoms with Crippen LogP contribution >= 0.6 is 0 Å². The Morgan fingerprint density at radius 1 is 0.889 bits per heavy atom. The van der Waals surface area contributed by atoms with E-state index >= 15 is 0 Å². The van der Waals surface area contributed by atoms with Crippen LogP contribution in [0.15, 0.2) is 11.6 Å². The molecule has 0 aromatic heterocycles. The first-order chi connectivity index (χ1) is 20.8. The van der Waals surface area contributed by atoms with E-state index in [-0.39, 0.29) is 51.6 Å². The Hall–Kier alpha value is -1.07. The summed E-state index contributed by atoms with van der Waals surface area (Å²) in [5, 5.41) is 63.5. The second-order valence-corrected chi connectivity index (χ2v) is 18.0. The van der Waals surface area contributed by atoms with Gasteiger partial charge in [-0.25, -0.2) is 4.79 Å². The number of aliphatic hydroxyl groups excluding tert-OH is 5. The fraction of sp³-hybridized carbons (Fsp3) is 0.917. The maximum atomic E-state index is 11.9. The molecule has 1 saturated heterocycles. The molecule has 0 spiro atoms. The molecule has 0 bridgehead atoms. The number of carboxylic acids is 1. The number of carboxylic acid groups (broad SMARTS) is 1. The highest BCUT2D eigenvalue weighted by Gasteiger charge is 2.70. The third kappa shape index (κ3) is 4.61. The van der Waals surface area contributed by atoms with Gasteiger partial charge in [-0.2, -0.15) is 0 Å². The van der Waals surface area contributed by atoms with Crippen molar-refractivity contribution in [2.24, 2.45) is 50.2 Å². The van der Waals surface area contributed by atoms with Gasteiger partial charge in [0, 0.05) is 5.41 Å². The minimum absolute atomic E-state index is 0.0188. The van der Waals surface area contributed by atoms with Gasteiger partial charge in [0.05, 0.1) is 18.8 Å². The quantitative estimate of drug-likeness (QED) is 0.199. The van der Waals surface area contributed by atoms with Crippen molar-refractivity contribution in [3.8, 4) is 0 Å². The van der Waals surface area contributed by atoms with Crippen LogP contribution in [-0.4, -0.2) is 86.1 Å². The molecule has 0 aromatic carbocycles. The third-order valence-electron chi connectivity index (χ3n) is 15.2. The molecule has 0 aromatic rings. The number of aliphatic carboxylic acids is 1. The first kappa shape index (κ1) is 33.8. The van der Waals surface area contributed by atoms with Crippen molar-refractivity contribution in [2.75, 3.05) is 6.61 Å². The molecule has 5 aliphatic carbocycles. The molecule has 45 heavy (non-hydrogen) atoms. The number of allylic oxidation sites excluding steroid dienone is 2. The van der Waals surface area contributed by atoms with Crippen molar-refractivity contribution < 1.29 is 44.9 Å². The highest BCUT2D eigenvalue weighted by atomic mass is 16.7. The first-order valence-corrected chi connectivity index (χ1v) is 17.4. The minimum Gasteiger partial charge on any atom is -0.479 e. The predicted molar refractivity (Wildman–Crippen MR) is 167 cm³/mol. The summed E-state index contributed by atoms with van der Waals surface area (Å²) in [5.41, 5.74) is 0.609.